The molecule has 2 aliphatic rings. The number of piperazine rings is 1. The quantitative estimate of drug-likeness (QED) is 0.234. The fraction of sp³-hybridized carbons (Fsp3) is 0.474. The Kier molecular flexibility index (Phi) is 10.6. The first-order chi connectivity index (χ1) is 22.8. The van der Waals surface area contributed by atoms with Gasteiger partial charge in [0, 0.05) is 74.4 Å². The summed E-state index contributed by atoms with van der Waals surface area (Å²) in [5, 5.41) is 9.81. The standard InChI is InChI=1S/C38H48N6O3/c1-27(2)33-13-8-28(3)20-36(33)47-26-37(45)40-14-15-42-16-18-43(19-17-42)38(46)25-44-24-32(22-41-44)29-9-11-30(12-10-29)35-23-39-21-31-6-4-5-7-34(31)35/h4-7,9-12,21-24,27-28,33,36H,8,13-20,25-26H2,1-3H3,(H,40,45)/t28-,33+,36-/m1/s1. The zero-order valence-electron chi connectivity index (χ0n) is 28.0. The number of carbonyl (C=O) groups is 2. The maximum atomic E-state index is 13.1. The van der Waals surface area contributed by atoms with E-state index >= 15 is 0 Å². The summed E-state index contributed by atoms with van der Waals surface area (Å²) in [6.07, 6.45) is 11.2. The third-order valence-electron chi connectivity index (χ3n) is 9.99. The van der Waals surface area contributed by atoms with Gasteiger partial charge in [-0.1, -0.05) is 75.7 Å². The summed E-state index contributed by atoms with van der Waals surface area (Å²) >= 11 is 0. The highest BCUT2D eigenvalue weighted by Gasteiger charge is 2.31. The van der Waals surface area contributed by atoms with Crippen LogP contribution in [0.3, 0.4) is 0 Å². The van der Waals surface area contributed by atoms with Crippen LogP contribution in [-0.4, -0.2) is 88.4 Å². The largest absolute Gasteiger partial charge is 0.368 e. The number of ether oxygens (including phenoxy) is 1. The second-order valence-electron chi connectivity index (χ2n) is 13.7. The number of amides is 2. The Hall–Kier alpha value is -4.08. The molecule has 2 aromatic carbocycles. The number of aromatic nitrogens is 3. The number of benzene rings is 2. The summed E-state index contributed by atoms with van der Waals surface area (Å²) in [5.74, 6) is 1.79. The first-order valence-corrected chi connectivity index (χ1v) is 17.2. The molecule has 6 rings (SSSR count). The molecule has 47 heavy (non-hydrogen) atoms. The minimum absolute atomic E-state index is 0.0452. The molecule has 2 fully saturated rings. The Morgan fingerprint density at radius 2 is 1.70 bits per heavy atom. The van der Waals surface area contributed by atoms with Crippen molar-refractivity contribution in [3.05, 3.63) is 73.3 Å². The van der Waals surface area contributed by atoms with Crippen molar-refractivity contribution in [2.45, 2.75) is 52.7 Å². The Bertz CT molecular complexity index is 1640. The van der Waals surface area contributed by atoms with E-state index in [-0.39, 0.29) is 31.1 Å². The molecular formula is C38H48N6O3. The molecule has 2 aromatic heterocycles. The molecule has 9 nitrogen and oxygen atoms in total. The molecule has 1 saturated heterocycles. The predicted molar refractivity (Wildman–Crippen MR) is 186 cm³/mol. The van der Waals surface area contributed by atoms with Crippen LogP contribution in [0, 0.1) is 17.8 Å². The average Bonchev–Trinajstić information content (AvgIpc) is 3.55. The van der Waals surface area contributed by atoms with Crippen LogP contribution in [0.1, 0.15) is 40.0 Å². The van der Waals surface area contributed by atoms with Gasteiger partial charge in [-0.3, -0.25) is 24.2 Å². The monoisotopic (exact) mass is 636 g/mol. The van der Waals surface area contributed by atoms with Crippen molar-refractivity contribution >= 4 is 22.6 Å². The van der Waals surface area contributed by atoms with E-state index in [4.69, 9.17) is 4.74 Å². The van der Waals surface area contributed by atoms with Crippen LogP contribution in [0.25, 0.3) is 33.0 Å². The van der Waals surface area contributed by atoms with Gasteiger partial charge in [0.05, 0.1) is 12.3 Å². The maximum Gasteiger partial charge on any atom is 0.246 e. The lowest BCUT2D eigenvalue weighted by Gasteiger charge is -2.37. The van der Waals surface area contributed by atoms with E-state index in [9.17, 15) is 9.59 Å². The molecule has 1 aliphatic heterocycles. The maximum absolute atomic E-state index is 13.1. The van der Waals surface area contributed by atoms with E-state index in [1.165, 1.54) is 18.2 Å². The van der Waals surface area contributed by atoms with Crippen molar-refractivity contribution in [3.8, 4) is 22.3 Å². The van der Waals surface area contributed by atoms with Crippen molar-refractivity contribution < 1.29 is 14.3 Å². The van der Waals surface area contributed by atoms with E-state index in [1.54, 1.807) is 4.68 Å². The van der Waals surface area contributed by atoms with Crippen LogP contribution in [0.15, 0.2) is 73.3 Å². The second kappa shape index (κ2) is 15.2. The highest BCUT2D eigenvalue weighted by molar-refractivity contribution is 5.95. The molecule has 0 bridgehead atoms. The zero-order chi connectivity index (χ0) is 32.8. The number of pyridine rings is 1. The zero-order valence-corrected chi connectivity index (χ0v) is 28.0. The molecule has 1 N–H and O–H groups in total. The van der Waals surface area contributed by atoms with Crippen molar-refractivity contribution in [1.82, 2.24) is 29.9 Å². The fourth-order valence-electron chi connectivity index (χ4n) is 7.14. The van der Waals surface area contributed by atoms with Crippen LogP contribution < -0.4 is 5.32 Å². The van der Waals surface area contributed by atoms with Gasteiger partial charge in [0.15, 0.2) is 0 Å². The normalized spacial score (nSPS) is 20.5. The number of hydrogen-bond acceptors (Lipinski definition) is 6. The fourth-order valence-corrected chi connectivity index (χ4v) is 7.14. The van der Waals surface area contributed by atoms with Gasteiger partial charge in [0.2, 0.25) is 11.8 Å². The first-order valence-electron chi connectivity index (χ1n) is 17.2. The number of nitrogens with one attached hydrogen (secondary N) is 1. The van der Waals surface area contributed by atoms with Crippen LogP contribution in [0.5, 0.6) is 0 Å². The van der Waals surface area contributed by atoms with Gasteiger partial charge < -0.3 is 15.0 Å². The lowest BCUT2D eigenvalue weighted by molar-refractivity contribution is -0.133. The summed E-state index contributed by atoms with van der Waals surface area (Å²) in [6.45, 7) is 11.4. The minimum atomic E-state index is -0.0452. The van der Waals surface area contributed by atoms with Gasteiger partial charge >= 0.3 is 0 Å². The Labute approximate surface area is 278 Å². The van der Waals surface area contributed by atoms with E-state index in [1.807, 2.05) is 35.8 Å². The van der Waals surface area contributed by atoms with Gasteiger partial charge in [-0.05, 0) is 47.1 Å². The molecule has 3 heterocycles. The topological polar surface area (TPSA) is 92.6 Å². The molecule has 0 unspecified atom stereocenters. The minimum Gasteiger partial charge on any atom is -0.368 e. The van der Waals surface area contributed by atoms with Crippen molar-refractivity contribution in [1.29, 1.82) is 0 Å². The molecule has 0 spiro atoms. The van der Waals surface area contributed by atoms with E-state index < -0.39 is 0 Å². The number of rotatable bonds is 11. The summed E-state index contributed by atoms with van der Waals surface area (Å²) < 4.78 is 7.83. The summed E-state index contributed by atoms with van der Waals surface area (Å²) in [7, 11) is 0. The molecule has 4 aromatic rings. The van der Waals surface area contributed by atoms with Crippen LogP contribution in [0.4, 0.5) is 0 Å². The number of fused-ring (bicyclic) bond motifs is 1. The third kappa shape index (κ3) is 8.26. The summed E-state index contributed by atoms with van der Waals surface area (Å²) in [6, 6.07) is 16.7. The first kappa shape index (κ1) is 32.8. The Morgan fingerprint density at radius 1 is 0.936 bits per heavy atom. The Balaban J connectivity index is 0.918. The third-order valence-corrected chi connectivity index (χ3v) is 9.99. The van der Waals surface area contributed by atoms with Gasteiger partial charge in [-0.2, -0.15) is 5.10 Å². The highest BCUT2D eigenvalue weighted by atomic mass is 16.5. The number of carbonyl (C=O) groups excluding carboxylic acids is 2. The smallest absolute Gasteiger partial charge is 0.246 e. The predicted octanol–water partition coefficient (Wildman–Crippen LogP) is 5.50. The van der Waals surface area contributed by atoms with Gasteiger partial charge in [0.1, 0.15) is 13.2 Å². The van der Waals surface area contributed by atoms with Gasteiger partial charge in [-0.15, -0.1) is 0 Å². The summed E-state index contributed by atoms with van der Waals surface area (Å²) in [5.41, 5.74) is 4.25. The lowest BCUT2D eigenvalue weighted by Crippen LogP contribution is -2.51. The Morgan fingerprint density at radius 3 is 2.49 bits per heavy atom. The lowest BCUT2D eigenvalue weighted by atomic mass is 9.75. The second-order valence-corrected chi connectivity index (χ2v) is 13.7. The molecule has 1 saturated carbocycles. The number of nitrogens with zero attached hydrogens (tertiary/aromatic N) is 5. The van der Waals surface area contributed by atoms with E-state index in [0.717, 1.165) is 53.7 Å². The molecule has 9 heteroatoms. The molecule has 1 aliphatic carbocycles. The van der Waals surface area contributed by atoms with E-state index in [0.29, 0.717) is 37.4 Å². The van der Waals surface area contributed by atoms with Crippen LogP contribution in [-0.2, 0) is 20.9 Å². The average molecular weight is 637 g/mol. The van der Waals surface area contributed by atoms with E-state index in [2.05, 4.69) is 83.5 Å². The summed E-state index contributed by atoms with van der Waals surface area (Å²) in [4.78, 5) is 34.2. The van der Waals surface area contributed by atoms with Gasteiger partial charge in [0.25, 0.3) is 0 Å². The molecule has 0 radical (unpaired) electrons. The van der Waals surface area contributed by atoms with Gasteiger partial charge in [-0.25, -0.2) is 0 Å². The molecule has 3 atom stereocenters. The molecule has 2 amide bonds. The molecular weight excluding hydrogens is 588 g/mol. The van der Waals surface area contributed by atoms with Crippen LogP contribution in [0.2, 0.25) is 0 Å². The SMILES string of the molecule is CC(C)[C@@H]1CC[C@@H](C)C[C@H]1OCC(=O)NCCN1CCN(C(=O)Cn2cc(-c3ccc(-c4cncc5ccccc45)cc3)cn2)CC1. The van der Waals surface area contributed by atoms with Crippen molar-refractivity contribution in [2.75, 3.05) is 45.9 Å². The number of hydrogen-bond donors (Lipinski definition) is 1. The van der Waals surface area contributed by atoms with Crippen molar-refractivity contribution in [2.24, 2.45) is 17.8 Å². The molecule has 248 valence electrons. The van der Waals surface area contributed by atoms with Crippen molar-refractivity contribution in [3.63, 3.8) is 0 Å². The van der Waals surface area contributed by atoms with Crippen LogP contribution >= 0.6 is 0 Å². The highest BCUT2D eigenvalue weighted by Crippen LogP contribution is 2.35.